The molecule has 1 amide bonds. The van der Waals surface area contributed by atoms with E-state index >= 15 is 0 Å². The molecular formula is C19H20N6O. The standard InChI is InChI=1S/C19H20N6O/c1-13-17(14(2)25-19(23-13)16(9-20)11-22-25)6-7-18(26)24(3)12-15-5-4-8-21-10-15/h4-5,8,10-11H,6-7,12H2,1-3H3. The van der Waals surface area contributed by atoms with E-state index < -0.39 is 0 Å². The van der Waals surface area contributed by atoms with Crippen molar-refractivity contribution >= 4 is 11.6 Å². The Bertz CT molecular complexity index is 987. The highest BCUT2D eigenvalue weighted by Gasteiger charge is 2.16. The van der Waals surface area contributed by atoms with Gasteiger partial charge in [-0.15, -0.1) is 0 Å². The number of hydrogen-bond acceptors (Lipinski definition) is 5. The van der Waals surface area contributed by atoms with E-state index in [0.29, 0.717) is 30.6 Å². The van der Waals surface area contributed by atoms with Crippen molar-refractivity contribution in [1.82, 2.24) is 24.5 Å². The molecule has 3 aromatic rings. The molecule has 26 heavy (non-hydrogen) atoms. The van der Waals surface area contributed by atoms with Gasteiger partial charge in [-0.2, -0.15) is 10.4 Å². The first-order chi connectivity index (χ1) is 12.5. The van der Waals surface area contributed by atoms with Crippen LogP contribution in [0.25, 0.3) is 5.65 Å². The fraction of sp³-hybridized carbons (Fsp3) is 0.316. The van der Waals surface area contributed by atoms with Gasteiger partial charge in [0.05, 0.1) is 6.20 Å². The zero-order valence-corrected chi connectivity index (χ0v) is 15.1. The number of nitrogens with zero attached hydrogens (tertiary/aromatic N) is 6. The summed E-state index contributed by atoms with van der Waals surface area (Å²) in [6.45, 7) is 4.38. The molecule has 7 heteroatoms. The zero-order valence-electron chi connectivity index (χ0n) is 15.1. The molecule has 0 unspecified atom stereocenters. The normalized spacial score (nSPS) is 10.7. The summed E-state index contributed by atoms with van der Waals surface area (Å²) in [4.78, 5) is 22.8. The number of nitriles is 1. The average molecular weight is 348 g/mol. The molecule has 3 heterocycles. The van der Waals surface area contributed by atoms with Crippen LogP contribution in [-0.2, 0) is 17.8 Å². The Morgan fingerprint density at radius 1 is 1.35 bits per heavy atom. The summed E-state index contributed by atoms with van der Waals surface area (Å²) in [6.07, 6.45) is 5.97. The maximum Gasteiger partial charge on any atom is 0.222 e. The summed E-state index contributed by atoms with van der Waals surface area (Å²) in [5, 5.41) is 13.4. The number of carbonyl (C=O) groups excluding carboxylic acids is 1. The number of hydrogen-bond donors (Lipinski definition) is 0. The minimum absolute atomic E-state index is 0.0610. The molecule has 0 saturated carbocycles. The summed E-state index contributed by atoms with van der Waals surface area (Å²) in [5.74, 6) is 0.0610. The molecule has 0 atom stereocenters. The maximum atomic E-state index is 12.5. The van der Waals surface area contributed by atoms with Gasteiger partial charge in [-0.1, -0.05) is 6.07 Å². The second kappa shape index (κ2) is 7.31. The van der Waals surface area contributed by atoms with Gasteiger partial charge >= 0.3 is 0 Å². The number of rotatable bonds is 5. The number of fused-ring (bicyclic) bond motifs is 1. The zero-order chi connectivity index (χ0) is 18.7. The van der Waals surface area contributed by atoms with E-state index in [4.69, 9.17) is 5.26 Å². The van der Waals surface area contributed by atoms with Gasteiger partial charge in [-0.3, -0.25) is 9.78 Å². The van der Waals surface area contributed by atoms with E-state index in [1.165, 1.54) is 6.20 Å². The van der Waals surface area contributed by atoms with Crippen LogP contribution in [0.2, 0.25) is 0 Å². The Kier molecular flexibility index (Phi) is 4.94. The Morgan fingerprint density at radius 2 is 2.15 bits per heavy atom. The molecular weight excluding hydrogens is 328 g/mol. The second-order valence-electron chi connectivity index (χ2n) is 6.28. The van der Waals surface area contributed by atoms with E-state index in [-0.39, 0.29) is 5.91 Å². The van der Waals surface area contributed by atoms with Crippen LogP contribution in [0.1, 0.15) is 34.5 Å². The maximum absolute atomic E-state index is 12.5. The number of aromatic nitrogens is 4. The van der Waals surface area contributed by atoms with Crippen LogP contribution in [0, 0.1) is 25.2 Å². The largest absolute Gasteiger partial charge is 0.341 e. The highest BCUT2D eigenvalue weighted by molar-refractivity contribution is 5.76. The molecule has 0 fully saturated rings. The number of carbonyl (C=O) groups is 1. The van der Waals surface area contributed by atoms with Gasteiger partial charge in [0.15, 0.2) is 5.65 Å². The minimum Gasteiger partial charge on any atom is -0.341 e. The molecule has 132 valence electrons. The van der Waals surface area contributed by atoms with Gasteiger partial charge in [0.25, 0.3) is 0 Å². The SMILES string of the molecule is Cc1nc2c(C#N)cnn2c(C)c1CCC(=O)N(C)Cc1cccnc1. The highest BCUT2D eigenvalue weighted by atomic mass is 16.2. The van der Waals surface area contributed by atoms with E-state index in [2.05, 4.69) is 21.1 Å². The fourth-order valence-electron chi connectivity index (χ4n) is 3.03. The van der Waals surface area contributed by atoms with Gasteiger partial charge in [-0.25, -0.2) is 9.50 Å². The lowest BCUT2D eigenvalue weighted by Gasteiger charge is -2.18. The Balaban J connectivity index is 1.73. The smallest absolute Gasteiger partial charge is 0.222 e. The van der Waals surface area contributed by atoms with E-state index in [1.54, 1.807) is 28.9 Å². The molecule has 3 rings (SSSR count). The summed E-state index contributed by atoms with van der Waals surface area (Å²) in [7, 11) is 1.79. The van der Waals surface area contributed by atoms with Crippen LogP contribution in [0.5, 0.6) is 0 Å². The summed E-state index contributed by atoms with van der Waals surface area (Å²) >= 11 is 0. The van der Waals surface area contributed by atoms with Crippen molar-refractivity contribution in [2.24, 2.45) is 0 Å². The van der Waals surface area contributed by atoms with Crippen LogP contribution in [0.15, 0.2) is 30.7 Å². The van der Waals surface area contributed by atoms with Crippen molar-refractivity contribution in [3.05, 3.63) is 58.8 Å². The predicted octanol–water partition coefficient (Wildman–Crippen LogP) is 2.20. The Labute approximate surface area is 151 Å². The monoisotopic (exact) mass is 348 g/mol. The first-order valence-electron chi connectivity index (χ1n) is 8.38. The van der Waals surface area contributed by atoms with Crippen molar-refractivity contribution in [3.63, 3.8) is 0 Å². The van der Waals surface area contributed by atoms with Crippen LogP contribution >= 0.6 is 0 Å². The van der Waals surface area contributed by atoms with Crippen LogP contribution < -0.4 is 0 Å². The third-order valence-electron chi connectivity index (χ3n) is 4.49. The lowest BCUT2D eigenvalue weighted by Crippen LogP contribution is -2.26. The van der Waals surface area contributed by atoms with Crippen molar-refractivity contribution in [2.45, 2.75) is 33.2 Å². The lowest BCUT2D eigenvalue weighted by atomic mass is 10.1. The molecule has 0 N–H and O–H groups in total. The van der Waals surface area contributed by atoms with Gasteiger partial charge < -0.3 is 4.90 Å². The van der Waals surface area contributed by atoms with E-state index in [9.17, 15) is 4.79 Å². The molecule has 0 aromatic carbocycles. The fourth-order valence-corrected chi connectivity index (χ4v) is 3.03. The molecule has 3 aromatic heterocycles. The third-order valence-corrected chi connectivity index (χ3v) is 4.49. The van der Waals surface area contributed by atoms with Crippen molar-refractivity contribution in [1.29, 1.82) is 5.26 Å². The van der Waals surface area contributed by atoms with Crippen molar-refractivity contribution in [3.8, 4) is 6.07 Å². The molecule has 0 aliphatic carbocycles. The van der Waals surface area contributed by atoms with Gasteiger partial charge in [0.2, 0.25) is 5.91 Å². The van der Waals surface area contributed by atoms with Crippen molar-refractivity contribution in [2.75, 3.05) is 7.05 Å². The quantitative estimate of drug-likeness (QED) is 0.705. The minimum atomic E-state index is 0.0610. The van der Waals surface area contributed by atoms with Gasteiger partial charge in [-0.05, 0) is 37.5 Å². The molecule has 7 nitrogen and oxygen atoms in total. The average Bonchev–Trinajstić information content (AvgIpc) is 3.05. The predicted molar refractivity (Wildman–Crippen MR) is 96.2 cm³/mol. The molecule has 0 aliphatic heterocycles. The lowest BCUT2D eigenvalue weighted by molar-refractivity contribution is -0.130. The van der Waals surface area contributed by atoms with Crippen LogP contribution in [0.3, 0.4) is 0 Å². The molecule has 0 saturated heterocycles. The molecule has 0 aliphatic rings. The van der Waals surface area contributed by atoms with E-state index in [1.807, 2.05) is 26.0 Å². The molecule has 0 bridgehead atoms. The number of aryl methyl sites for hydroxylation is 2. The molecule has 0 spiro atoms. The Hall–Kier alpha value is -3.27. The summed E-state index contributed by atoms with van der Waals surface area (Å²) in [6, 6.07) is 5.91. The van der Waals surface area contributed by atoms with Gasteiger partial charge in [0.1, 0.15) is 11.6 Å². The first-order valence-corrected chi connectivity index (χ1v) is 8.38. The first kappa shape index (κ1) is 17.5. The molecule has 0 radical (unpaired) electrons. The number of amides is 1. The Morgan fingerprint density at radius 3 is 2.85 bits per heavy atom. The van der Waals surface area contributed by atoms with Gasteiger partial charge in [0, 0.05) is 43.8 Å². The topological polar surface area (TPSA) is 87.2 Å². The van der Waals surface area contributed by atoms with E-state index in [0.717, 1.165) is 22.5 Å². The highest BCUT2D eigenvalue weighted by Crippen LogP contribution is 2.18. The third kappa shape index (κ3) is 3.40. The summed E-state index contributed by atoms with van der Waals surface area (Å²) < 4.78 is 1.67. The second-order valence-corrected chi connectivity index (χ2v) is 6.28. The number of pyridine rings is 1. The summed E-state index contributed by atoms with van der Waals surface area (Å²) in [5.41, 5.74) is 4.75. The van der Waals surface area contributed by atoms with Crippen LogP contribution in [0.4, 0.5) is 0 Å². The van der Waals surface area contributed by atoms with Crippen LogP contribution in [-0.4, -0.2) is 37.4 Å². The van der Waals surface area contributed by atoms with Crippen molar-refractivity contribution < 1.29 is 4.79 Å².